The van der Waals surface area contributed by atoms with Crippen LogP contribution < -0.4 is 10.6 Å². The van der Waals surface area contributed by atoms with Gasteiger partial charge in [0.2, 0.25) is 5.91 Å². The van der Waals surface area contributed by atoms with E-state index < -0.39 is 11.7 Å². The average Bonchev–Trinajstić information content (AvgIpc) is 2.94. The maximum atomic E-state index is 12.7. The lowest BCUT2D eigenvalue weighted by atomic mass is 10.1. The maximum absolute atomic E-state index is 12.7. The third-order valence-corrected chi connectivity index (χ3v) is 4.18. The predicted molar refractivity (Wildman–Crippen MR) is 88.2 cm³/mol. The number of halogens is 3. The van der Waals surface area contributed by atoms with Gasteiger partial charge in [0.15, 0.2) is 5.13 Å². The average molecular weight is 357 g/mol. The van der Waals surface area contributed by atoms with E-state index in [4.69, 9.17) is 0 Å². The Balaban J connectivity index is 1.95. The van der Waals surface area contributed by atoms with Gasteiger partial charge in [0.1, 0.15) is 0 Å². The van der Waals surface area contributed by atoms with E-state index >= 15 is 0 Å². The number of anilines is 1. The number of amides is 1. The van der Waals surface area contributed by atoms with E-state index in [1.165, 1.54) is 17.4 Å². The number of benzene rings is 1. The molecule has 0 saturated heterocycles. The first-order chi connectivity index (χ1) is 11.4. The summed E-state index contributed by atoms with van der Waals surface area (Å²) in [5.41, 5.74) is -0.108. The highest BCUT2D eigenvalue weighted by Gasteiger charge is 2.30. The molecule has 0 atom stereocenters. The van der Waals surface area contributed by atoms with Gasteiger partial charge in [-0.15, -0.1) is 11.3 Å². The molecule has 0 spiro atoms. The van der Waals surface area contributed by atoms with Gasteiger partial charge < -0.3 is 10.6 Å². The van der Waals surface area contributed by atoms with Crippen molar-refractivity contribution >= 4 is 22.4 Å². The number of rotatable bonds is 7. The van der Waals surface area contributed by atoms with Gasteiger partial charge in [0.05, 0.1) is 5.56 Å². The zero-order chi connectivity index (χ0) is 17.6. The molecule has 1 amide bonds. The molecule has 2 rings (SSSR count). The zero-order valence-electron chi connectivity index (χ0n) is 13.1. The molecule has 8 heteroatoms. The number of thiazole rings is 1. The molecule has 2 N–H and O–H groups in total. The molecule has 1 aromatic heterocycles. The number of nitrogens with one attached hydrogen (secondary N) is 2. The van der Waals surface area contributed by atoms with Gasteiger partial charge in [0.25, 0.3) is 0 Å². The Morgan fingerprint density at radius 1 is 1.33 bits per heavy atom. The van der Waals surface area contributed by atoms with Crippen LogP contribution in [0.15, 0.2) is 30.5 Å². The van der Waals surface area contributed by atoms with E-state index in [2.05, 4.69) is 15.6 Å². The van der Waals surface area contributed by atoms with Crippen LogP contribution in [0.25, 0.3) is 0 Å². The molecule has 0 unspecified atom stereocenters. The molecule has 0 fully saturated rings. The van der Waals surface area contributed by atoms with E-state index in [-0.39, 0.29) is 5.91 Å². The van der Waals surface area contributed by atoms with Crippen LogP contribution in [0.1, 0.15) is 28.8 Å². The number of hydrogen-bond acceptors (Lipinski definition) is 4. The monoisotopic (exact) mass is 357 g/mol. The van der Waals surface area contributed by atoms with Crippen molar-refractivity contribution in [1.29, 1.82) is 0 Å². The van der Waals surface area contributed by atoms with Crippen molar-refractivity contribution in [2.45, 2.75) is 25.4 Å². The fraction of sp³-hybridized carbons (Fsp3) is 0.375. The van der Waals surface area contributed by atoms with Gasteiger partial charge >= 0.3 is 6.18 Å². The van der Waals surface area contributed by atoms with Crippen LogP contribution in [-0.2, 0) is 17.4 Å². The molecule has 1 aromatic carbocycles. The topological polar surface area (TPSA) is 54.0 Å². The highest BCUT2D eigenvalue weighted by molar-refractivity contribution is 7.15. The smallest absolute Gasteiger partial charge is 0.320 e. The molecule has 0 aliphatic carbocycles. The number of hydrogen-bond donors (Lipinski definition) is 2. The lowest BCUT2D eigenvalue weighted by molar-refractivity contribution is -0.137. The lowest BCUT2D eigenvalue weighted by Gasteiger charge is -2.07. The first-order valence-electron chi connectivity index (χ1n) is 7.44. The van der Waals surface area contributed by atoms with E-state index in [0.717, 1.165) is 30.0 Å². The largest absolute Gasteiger partial charge is 0.416 e. The molecular weight excluding hydrogens is 339 g/mol. The summed E-state index contributed by atoms with van der Waals surface area (Å²) in [5.74, 6) is -0.120. The summed E-state index contributed by atoms with van der Waals surface area (Å²) in [4.78, 5) is 16.6. The highest BCUT2D eigenvalue weighted by Crippen LogP contribution is 2.30. The minimum absolute atomic E-state index is 0.120. The Morgan fingerprint density at radius 2 is 2.12 bits per heavy atom. The quantitative estimate of drug-likeness (QED) is 0.743. The normalized spacial score (nSPS) is 11.5. The molecule has 0 bridgehead atoms. The summed E-state index contributed by atoms with van der Waals surface area (Å²) in [6.45, 7) is 0.756. The van der Waals surface area contributed by atoms with Crippen molar-refractivity contribution < 1.29 is 18.0 Å². The van der Waals surface area contributed by atoms with Gasteiger partial charge in [-0.1, -0.05) is 18.2 Å². The van der Waals surface area contributed by atoms with Crippen molar-refractivity contribution in [2.75, 3.05) is 18.9 Å². The van der Waals surface area contributed by atoms with Crippen LogP contribution in [0.4, 0.5) is 18.3 Å². The lowest BCUT2D eigenvalue weighted by Crippen LogP contribution is -2.14. The van der Waals surface area contributed by atoms with Crippen molar-refractivity contribution in [3.63, 3.8) is 0 Å². The second kappa shape index (κ2) is 8.25. The van der Waals surface area contributed by atoms with Crippen LogP contribution in [0.5, 0.6) is 0 Å². The molecule has 4 nitrogen and oxygen atoms in total. The molecule has 0 saturated carbocycles. The van der Waals surface area contributed by atoms with E-state index in [0.29, 0.717) is 23.5 Å². The maximum Gasteiger partial charge on any atom is 0.416 e. The number of carbonyl (C=O) groups excluding carboxylic acids is 1. The molecule has 24 heavy (non-hydrogen) atoms. The minimum atomic E-state index is -4.35. The van der Waals surface area contributed by atoms with Crippen molar-refractivity contribution in [1.82, 2.24) is 10.3 Å². The second-order valence-corrected chi connectivity index (χ2v) is 6.38. The molecule has 0 aliphatic heterocycles. The first kappa shape index (κ1) is 18.4. The number of alkyl halides is 3. The van der Waals surface area contributed by atoms with Crippen molar-refractivity contribution in [3.05, 3.63) is 46.5 Å². The van der Waals surface area contributed by atoms with Crippen molar-refractivity contribution in [3.8, 4) is 0 Å². The van der Waals surface area contributed by atoms with Crippen LogP contribution in [0, 0.1) is 0 Å². The van der Waals surface area contributed by atoms with E-state index in [1.807, 2.05) is 7.05 Å². The van der Waals surface area contributed by atoms with Gasteiger partial charge in [-0.25, -0.2) is 4.98 Å². The van der Waals surface area contributed by atoms with Gasteiger partial charge in [-0.2, -0.15) is 13.2 Å². The SMILES string of the molecule is CNCCCC(=O)Nc1ncc(Cc2cccc(C(F)(F)F)c2)s1. The Bertz CT molecular complexity index is 685. The van der Waals surface area contributed by atoms with Gasteiger partial charge in [-0.3, -0.25) is 4.79 Å². The van der Waals surface area contributed by atoms with Gasteiger partial charge in [-0.05, 0) is 31.6 Å². The Morgan fingerprint density at radius 3 is 2.83 bits per heavy atom. The number of nitrogens with zero attached hydrogens (tertiary/aromatic N) is 1. The molecular formula is C16H18F3N3OS. The molecule has 0 radical (unpaired) electrons. The standard InChI is InChI=1S/C16H18F3N3OS/c1-20-7-3-6-14(23)22-15-21-10-13(24-15)9-11-4-2-5-12(8-11)16(17,18)19/h2,4-5,8,10,20H,3,6-7,9H2,1H3,(H,21,22,23). The summed E-state index contributed by atoms with van der Waals surface area (Å²) in [7, 11) is 1.82. The second-order valence-electron chi connectivity index (χ2n) is 5.26. The van der Waals surface area contributed by atoms with Crippen molar-refractivity contribution in [2.24, 2.45) is 0 Å². The van der Waals surface area contributed by atoms with E-state index in [9.17, 15) is 18.0 Å². The third kappa shape index (κ3) is 5.61. The summed E-state index contributed by atoms with van der Waals surface area (Å²) in [6.07, 6.45) is -1.31. The fourth-order valence-electron chi connectivity index (χ4n) is 2.11. The van der Waals surface area contributed by atoms with Crippen LogP contribution in [-0.4, -0.2) is 24.5 Å². The molecule has 2 aromatic rings. The van der Waals surface area contributed by atoms with Crippen LogP contribution in [0.2, 0.25) is 0 Å². The van der Waals surface area contributed by atoms with Crippen LogP contribution in [0.3, 0.4) is 0 Å². The van der Waals surface area contributed by atoms with Gasteiger partial charge in [0, 0.05) is 23.9 Å². The fourth-order valence-corrected chi connectivity index (χ4v) is 2.98. The Hall–Kier alpha value is -1.93. The number of aromatic nitrogens is 1. The summed E-state index contributed by atoms with van der Waals surface area (Å²) in [6, 6.07) is 5.22. The molecule has 0 aliphatic rings. The molecule has 130 valence electrons. The summed E-state index contributed by atoms with van der Waals surface area (Å²) >= 11 is 1.27. The number of carbonyl (C=O) groups is 1. The Kier molecular flexibility index (Phi) is 6.33. The third-order valence-electron chi connectivity index (χ3n) is 3.26. The predicted octanol–water partition coefficient (Wildman–Crippen LogP) is 3.69. The highest BCUT2D eigenvalue weighted by atomic mass is 32.1. The molecule has 1 heterocycles. The van der Waals surface area contributed by atoms with E-state index in [1.54, 1.807) is 12.3 Å². The first-order valence-corrected chi connectivity index (χ1v) is 8.25. The van der Waals surface area contributed by atoms with Crippen LogP contribution >= 0.6 is 11.3 Å². The summed E-state index contributed by atoms with van der Waals surface area (Å²) < 4.78 is 38.2. The summed E-state index contributed by atoms with van der Waals surface area (Å²) in [5, 5.41) is 6.13. The zero-order valence-corrected chi connectivity index (χ0v) is 13.9. The minimum Gasteiger partial charge on any atom is -0.320 e. The Labute approximate surface area is 142 Å².